The van der Waals surface area contributed by atoms with Crippen molar-refractivity contribution in [2.45, 2.75) is 102 Å². The first kappa shape index (κ1) is 25.4. The monoisotopic (exact) mass is 475 g/mol. The number of rotatable bonds is 8. The van der Waals surface area contributed by atoms with Crippen molar-refractivity contribution in [3.63, 3.8) is 0 Å². The van der Waals surface area contributed by atoms with Crippen LogP contribution in [0.4, 0.5) is 0 Å². The van der Waals surface area contributed by atoms with Crippen molar-refractivity contribution in [1.29, 1.82) is 5.41 Å². The van der Waals surface area contributed by atoms with Crippen LogP contribution in [0.3, 0.4) is 0 Å². The molecule has 0 bridgehead atoms. The number of nitrogens with two attached hydrogens (primary N) is 2. The Morgan fingerprint density at radius 3 is 2.24 bits per heavy atom. The fourth-order valence-corrected chi connectivity index (χ4v) is 7.40. The number of amides is 2. The molecule has 4 rings (SSSR count). The first-order valence-corrected chi connectivity index (χ1v) is 13.7. The molecule has 4 aliphatic rings. The van der Waals surface area contributed by atoms with Crippen molar-refractivity contribution in [3.05, 3.63) is 0 Å². The number of nitrogens with zero attached hydrogens (tertiary/aromatic N) is 1. The highest BCUT2D eigenvalue weighted by Gasteiger charge is 2.48. The van der Waals surface area contributed by atoms with Crippen molar-refractivity contribution < 1.29 is 14.7 Å². The van der Waals surface area contributed by atoms with Crippen LogP contribution in [0.5, 0.6) is 0 Å². The second-order valence-corrected chi connectivity index (χ2v) is 11.6. The van der Waals surface area contributed by atoms with Gasteiger partial charge >= 0.3 is 0 Å². The molecule has 8 nitrogen and oxygen atoms in total. The molecule has 0 radical (unpaired) electrons. The summed E-state index contributed by atoms with van der Waals surface area (Å²) in [5.41, 5.74) is 11.4. The minimum Gasteiger partial charge on any atom is -0.394 e. The summed E-state index contributed by atoms with van der Waals surface area (Å²) in [5.74, 6) is 1.50. The molecular weight excluding hydrogens is 430 g/mol. The first-order chi connectivity index (χ1) is 16.4. The maximum Gasteiger partial charge on any atom is 0.237 e. The van der Waals surface area contributed by atoms with Crippen molar-refractivity contribution in [2.75, 3.05) is 13.2 Å². The van der Waals surface area contributed by atoms with Gasteiger partial charge in [0.25, 0.3) is 0 Å². The van der Waals surface area contributed by atoms with E-state index in [-0.39, 0.29) is 54.2 Å². The summed E-state index contributed by atoms with van der Waals surface area (Å²) in [6.45, 7) is 0.849. The molecule has 7 N–H and O–H groups in total. The Morgan fingerprint density at radius 2 is 1.62 bits per heavy atom. The number of likely N-dealkylation sites (tertiary alicyclic amines) is 1. The molecule has 0 aromatic carbocycles. The molecule has 3 aliphatic carbocycles. The summed E-state index contributed by atoms with van der Waals surface area (Å²) >= 11 is 0. The standard InChI is InChI=1S/C26H45N5O3/c27-24(28)20-11-10-19-12-23(26(34)30-21(15-32)17-4-2-1-3-5-17)31(22(19)13-20)14-16-6-8-18(9-7-16)25(29)33/h16-23,32H,1-15H2,(H3,27,28)(H2,29,33)(H,30,34)/t16?,18?,19?,20?,21-,22?,23?/m1/s1. The molecule has 4 fully saturated rings. The van der Waals surface area contributed by atoms with Crippen molar-refractivity contribution >= 4 is 17.6 Å². The summed E-state index contributed by atoms with van der Waals surface area (Å²) in [4.78, 5) is 27.6. The number of aliphatic hydroxyl groups excluding tert-OH is 1. The van der Waals surface area contributed by atoms with Crippen LogP contribution in [0.25, 0.3) is 0 Å². The Morgan fingerprint density at radius 1 is 0.941 bits per heavy atom. The lowest BCUT2D eigenvalue weighted by atomic mass is 9.77. The molecule has 0 aromatic rings. The van der Waals surface area contributed by atoms with E-state index >= 15 is 0 Å². The van der Waals surface area contributed by atoms with E-state index in [0.717, 1.165) is 70.8 Å². The zero-order chi connectivity index (χ0) is 24.2. The van der Waals surface area contributed by atoms with E-state index in [1.54, 1.807) is 0 Å². The van der Waals surface area contributed by atoms with E-state index < -0.39 is 0 Å². The molecule has 3 saturated carbocycles. The number of amidine groups is 1. The number of carbonyl (C=O) groups excluding carboxylic acids is 2. The van der Waals surface area contributed by atoms with Crippen molar-refractivity contribution in [1.82, 2.24) is 10.2 Å². The predicted octanol–water partition coefficient (Wildman–Crippen LogP) is 2.13. The van der Waals surface area contributed by atoms with Gasteiger partial charge in [-0.3, -0.25) is 19.9 Å². The van der Waals surface area contributed by atoms with Gasteiger partial charge < -0.3 is 21.9 Å². The lowest BCUT2D eigenvalue weighted by molar-refractivity contribution is -0.128. The zero-order valence-electron chi connectivity index (χ0n) is 20.6. The zero-order valence-corrected chi connectivity index (χ0v) is 20.6. The van der Waals surface area contributed by atoms with Crippen LogP contribution in [0.2, 0.25) is 0 Å². The molecule has 5 atom stereocenters. The predicted molar refractivity (Wildman–Crippen MR) is 132 cm³/mol. The number of fused-ring (bicyclic) bond motifs is 1. The first-order valence-electron chi connectivity index (χ1n) is 13.7. The van der Waals surface area contributed by atoms with Crippen LogP contribution in [0, 0.1) is 35.0 Å². The molecule has 1 aliphatic heterocycles. The van der Waals surface area contributed by atoms with Gasteiger partial charge in [0.2, 0.25) is 11.8 Å². The summed E-state index contributed by atoms with van der Waals surface area (Å²) in [7, 11) is 0. The third-order valence-corrected chi connectivity index (χ3v) is 9.51. The molecule has 1 heterocycles. The summed E-state index contributed by atoms with van der Waals surface area (Å²) in [5, 5.41) is 21.3. The average Bonchev–Trinajstić information content (AvgIpc) is 3.21. The molecule has 0 spiro atoms. The van der Waals surface area contributed by atoms with E-state index in [1.807, 2.05) is 0 Å². The summed E-state index contributed by atoms with van der Waals surface area (Å²) in [6.07, 6.45) is 13.0. The van der Waals surface area contributed by atoms with Crippen LogP contribution in [0.15, 0.2) is 0 Å². The van der Waals surface area contributed by atoms with Crippen LogP contribution in [0.1, 0.15) is 83.5 Å². The van der Waals surface area contributed by atoms with Gasteiger partial charge in [-0.05, 0) is 82.0 Å². The largest absolute Gasteiger partial charge is 0.394 e. The molecule has 8 heteroatoms. The lowest BCUT2D eigenvalue weighted by Crippen LogP contribution is -2.53. The SMILES string of the molecule is N=C(N)C1CCC2CC(C(=O)N[C@H](CO)C3CCCCC3)N(CC3CCC(C(N)=O)CC3)C2C1. The highest BCUT2D eigenvalue weighted by molar-refractivity contribution is 5.83. The highest BCUT2D eigenvalue weighted by atomic mass is 16.3. The van der Waals surface area contributed by atoms with Gasteiger partial charge in [0, 0.05) is 24.4 Å². The molecule has 0 aromatic heterocycles. The molecule has 192 valence electrons. The van der Waals surface area contributed by atoms with Gasteiger partial charge in [-0.2, -0.15) is 0 Å². The van der Waals surface area contributed by atoms with Gasteiger partial charge in [0.15, 0.2) is 0 Å². The Bertz CT molecular complexity index is 732. The van der Waals surface area contributed by atoms with Gasteiger partial charge in [-0.1, -0.05) is 19.3 Å². The second-order valence-electron chi connectivity index (χ2n) is 11.6. The molecule has 2 amide bonds. The smallest absolute Gasteiger partial charge is 0.237 e. The molecule has 34 heavy (non-hydrogen) atoms. The van der Waals surface area contributed by atoms with Crippen molar-refractivity contribution in [3.8, 4) is 0 Å². The average molecular weight is 476 g/mol. The molecular formula is C26H45N5O3. The van der Waals surface area contributed by atoms with E-state index in [4.69, 9.17) is 16.9 Å². The maximum atomic E-state index is 13.6. The van der Waals surface area contributed by atoms with Crippen molar-refractivity contribution in [2.24, 2.45) is 41.1 Å². The van der Waals surface area contributed by atoms with Crippen LogP contribution >= 0.6 is 0 Å². The Labute approximate surface area is 204 Å². The summed E-state index contributed by atoms with van der Waals surface area (Å²) in [6, 6.07) is -0.0741. The molecule has 4 unspecified atom stereocenters. The Balaban J connectivity index is 1.45. The topological polar surface area (TPSA) is 146 Å². The van der Waals surface area contributed by atoms with E-state index in [0.29, 0.717) is 17.8 Å². The number of carbonyl (C=O) groups is 2. The number of primary amides is 1. The minimum absolute atomic E-state index is 0.000471. The van der Waals surface area contributed by atoms with E-state index in [2.05, 4.69) is 10.2 Å². The van der Waals surface area contributed by atoms with Gasteiger partial charge in [0.1, 0.15) is 0 Å². The van der Waals surface area contributed by atoms with Crippen LogP contribution < -0.4 is 16.8 Å². The Hall–Kier alpha value is -1.67. The highest BCUT2D eigenvalue weighted by Crippen LogP contribution is 2.43. The van der Waals surface area contributed by atoms with Crippen LogP contribution in [-0.2, 0) is 9.59 Å². The van der Waals surface area contributed by atoms with Crippen LogP contribution in [-0.4, -0.2) is 58.9 Å². The lowest BCUT2D eigenvalue weighted by Gasteiger charge is -2.40. The third kappa shape index (κ3) is 5.76. The number of hydrogen-bond donors (Lipinski definition) is 5. The second kappa shape index (κ2) is 11.4. The fraction of sp³-hybridized carbons (Fsp3) is 0.885. The summed E-state index contributed by atoms with van der Waals surface area (Å²) < 4.78 is 0. The maximum absolute atomic E-state index is 13.6. The Kier molecular flexibility index (Phi) is 8.51. The number of aliphatic hydroxyl groups is 1. The normalized spacial score (nSPS) is 35.9. The third-order valence-electron chi connectivity index (χ3n) is 9.51. The van der Waals surface area contributed by atoms with Gasteiger partial charge in [-0.25, -0.2) is 0 Å². The van der Waals surface area contributed by atoms with Gasteiger partial charge in [0.05, 0.1) is 24.5 Å². The van der Waals surface area contributed by atoms with E-state index in [1.165, 1.54) is 19.3 Å². The minimum atomic E-state index is -0.189. The molecule has 1 saturated heterocycles. The number of nitrogens with one attached hydrogen (secondary N) is 2. The quantitative estimate of drug-likeness (QED) is 0.270. The van der Waals surface area contributed by atoms with Gasteiger partial charge in [-0.15, -0.1) is 0 Å². The number of hydrogen-bond acceptors (Lipinski definition) is 5. The van der Waals surface area contributed by atoms with E-state index in [9.17, 15) is 14.7 Å². The fourth-order valence-electron chi connectivity index (χ4n) is 7.40.